The van der Waals surface area contributed by atoms with E-state index in [4.69, 9.17) is 0 Å². The molecule has 1 saturated heterocycles. The van der Waals surface area contributed by atoms with Gasteiger partial charge in [0.1, 0.15) is 4.90 Å². The lowest BCUT2D eigenvalue weighted by molar-refractivity contribution is 0.103. The number of carbonyl (C=O) groups is 1. The molecule has 2 aromatic carbocycles. The van der Waals surface area contributed by atoms with Gasteiger partial charge in [-0.3, -0.25) is 9.69 Å². The van der Waals surface area contributed by atoms with Gasteiger partial charge in [0, 0.05) is 74.4 Å². The Kier molecular flexibility index (Phi) is 6.15. The maximum Gasteiger partial charge on any atom is 0.244 e. The van der Waals surface area contributed by atoms with Gasteiger partial charge in [0.05, 0.1) is 29.5 Å². The molecular formula is C27H31N5O4S. The summed E-state index contributed by atoms with van der Waals surface area (Å²) in [6.45, 7) is 7.34. The number of ketones is 1. The summed E-state index contributed by atoms with van der Waals surface area (Å²) < 4.78 is 28.2. The van der Waals surface area contributed by atoms with Crippen LogP contribution in [0.25, 0.3) is 10.9 Å². The summed E-state index contributed by atoms with van der Waals surface area (Å²) >= 11 is 0. The molecule has 1 fully saturated rings. The average molecular weight is 522 g/mol. The van der Waals surface area contributed by atoms with E-state index in [9.17, 15) is 23.6 Å². The highest BCUT2D eigenvalue weighted by atomic mass is 32.2. The van der Waals surface area contributed by atoms with E-state index in [1.807, 2.05) is 19.9 Å². The van der Waals surface area contributed by atoms with Gasteiger partial charge in [-0.2, -0.15) is 5.26 Å². The molecule has 2 aliphatic rings. The monoisotopic (exact) mass is 521 g/mol. The van der Waals surface area contributed by atoms with Crippen LogP contribution < -0.4 is 4.90 Å². The molecule has 194 valence electrons. The number of aromatic amines is 1. The van der Waals surface area contributed by atoms with Crippen molar-refractivity contribution in [2.24, 2.45) is 0 Å². The number of nitrogens with one attached hydrogen (secondary N) is 1. The Labute approximate surface area is 217 Å². The molecule has 1 aliphatic heterocycles. The number of nitriles is 1. The fourth-order valence-electron chi connectivity index (χ4n) is 5.52. The standard InChI is InChI=1S/C27H31N5O4S/c1-27(2)20-15-22(32-9-7-31(8-10-32)11-12-33)23(37(35,36)30(3)4)14-19(20)25(34)24-18-6-5-17(16-28)13-21(18)29-26(24)27/h5-6,13-15,29,33H,7-12H2,1-4H3. The van der Waals surface area contributed by atoms with Crippen molar-refractivity contribution in [2.45, 2.75) is 24.2 Å². The maximum absolute atomic E-state index is 13.9. The summed E-state index contributed by atoms with van der Waals surface area (Å²) in [6, 6.07) is 10.8. The number of aliphatic hydroxyl groups excluding tert-OH is 1. The van der Waals surface area contributed by atoms with E-state index in [0.29, 0.717) is 60.6 Å². The van der Waals surface area contributed by atoms with E-state index >= 15 is 0 Å². The molecular weight excluding hydrogens is 490 g/mol. The number of nitrogens with zero attached hydrogens (tertiary/aromatic N) is 4. The molecule has 10 heteroatoms. The number of carbonyl (C=O) groups excluding carboxylic acids is 1. The van der Waals surface area contributed by atoms with Gasteiger partial charge in [-0.1, -0.05) is 19.9 Å². The van der Waals surface area contributed by atoms with E-state index in [0.717, 1.165) is 16.6 Å². The predicted molar refractivity (Wildman–Crippen MR) is 142 cm³/mol. The van der Waals surface area contributed by atoms with E-state index in [2.05, 4.69) is 20.9 Å². The number of rotatable bonds is 5. The number of aromatic nitrogens is 1. The van der Waals surface area contributed by atoms with Crippen LogP contribution in [0.1, 0.15) is 46.6 Å². The summed E-state index contributed by atoms with van der Waals surface area (Å²) in [4.78, 5) is 21.7. The van der Waals surface area contributed by atoms with Crippen LogP contribution in [0, 0.1) is 11.3 Å². The number of aliphatic hydroxyl groups is 1. The predicted octanol–water partition coefficient (Wildman–Crippen LogP) is 2.27. The molecule has 0 atom stereocenters. The second-order valence-electron chi connectivity index (χ2n) is 10.4. The summed E-state index contributed by atoms with van der Waals surface area (Å²) in [6.07, 6.45) is 0. The average Bonchev–Trinajstić information content (AvgIpc) is 3.27. The van der Waals surface area contributed by atoms with Crippen molar-refractivity contribution in [1.82, 2.24) is 14.2 Å². The van der Waals surface area contributed by atoms with Gasteiger partial charge in [0.2, 0.25) is 10.0 Å². The normalized spacial score (nSPS) is 17.6. The number of hydrogen-bond donors (Lipinski definition) is 2. The van der Waals surface area contributed by atoms with Gasteiger partial charge in [0.15, 0.2) is 5.78 Å². The van der Waals surface area contributed by atoms with Crippen molar-refractivity contribution in [2.75, 3.05) is 58.3 Å². The molecule has 0 spiro atoms. The van der Waals surface area contributed by atoms with Crippen LogP contribution in [0.15, 0.2) is 35.2 Å². The van der Waals surface area contributed by atoms with E-state index in [-0.39, 0.29) is 17.3 Å². The maximum atomic E-state index is 13.9. The zero-order valence-corrected chi connectivity index (χ0v) is 22.3. The molecule has 2 heterocycles. The van der Waals surface area contributed by atoms with Crippen LogP contribution in [0.3, 0.4) is 0 Å². The lowest BCUT2D eigenvalue weighted by atomic mass is 9.71. The van der Waals surface area contributed by atoms with Gasteiger partial charge in [-0.15, -0.1) is 0 Å². The highest BCUT2D eigenvalue weighted by Crippen LogP contribution is 2.46. The summed E-state index contributed by atoms with van der Waals surface area (Å²) in [5.41, 5.74) is 3.61. The summed E-state index contributed by atoms with van der Waals surface area (Å²) in [5.74, 6) is -0.227. The number of β-amino-alcohol motifs (C(OH)–C–C–N with tert-alkyl or cyclic N) is 1. The fourth-order valence-corrected chi connectivity index (χ4v) is 6.63. The number of anilines is 1. The molecule has 9 nitrogen and oxygen atoms in total. The second-order valence-corrected chi connectivity index (χ2v) is 12.5. The third-order valence-electron chi connectivity index (χ3n) is 7.68. The third-order valence-corrected chi connectivity index (χ3v) is 9.53. The van der Waals surface area contributed by atoms with Crippen LogP contribution in [0.4, 0.5) is 5.69 Å². The Balaban J connectivity index is 1.71. The van der Waals surface area contributed by atoms with E-state index in [1.165, 1.54) is 18.4 Å². The molecule has 5 rings (SSSR count). The van der Waals surface area contributed by atoms with Crippen LogP contribution in [-0.2, 0) is 15.4 Å². The lowest BCUT2D eigenvalue weighted by Crippen LogP contribution is -2.48. The van der Waals surface area contributed by atoms with Gasteiger partial charge in [0.25, 0.3) is 0 Å². The molecule has 0 unspecified atom stereocenters. The van der Waals surface area contributed by atoms with Gasteiger partial charge in [-0.25, -0.2) is 12.7 Å². The van der Waals surface area contributed by atoms with Crippen molar-refractivity contribution < 1.29 is 18.3 Å². The van der Waals surface area contributed by atoms with Gasteiger partial charge < -0.3 is 15.0 Å². The van der Waals surface area contributed by atoms with Gasteiger partial charge >= 0.3 is 0 Å². The molecule has 1 aromatic heterocycles. The van der Waals surface area contributed by atoms with Crippen molar-refractivity contribution in [3.63, 3.8) is 0 Å². The fraction of sp³-hybridized carbons (Fsp3) is 0.407. The Morgan fingerprint density at radius 1 is 1.14 bits per heavy atom. The van der Waals surface area contributed by atoms with E-state index < -0.39 is 15.4 Å². The molecule has 37 heavy (non-hydrogen) atoms. The zero-order valence-electron chi connectivity index (χ0n) is 21.5. The quantitative estimate of drug-likeness (QED) is 0.528. The van der Waals surface area contributed by atoms with Crippen LogP contribution >= 0.6 is 0 Å². The largest absolute Gasteiger partial charge is 0.395 e. The summed E-state index contributed by atoms with van der Waals surface area (Å²) in [7, 11) is -0.860. The molecule has 0 saturated carbocycles. The molecule has 0 bridgehead atoms. The minimum absolute atomic E-state index is 0.0814. The Morgan fingerprint density at radius 2 is 1.84 bits per heavy atom. The van der Waals surface area contributed by atoms with Crippen LogP contribution in [0.2, 0.25) is 0 Å². The summed E-state index contributed by atoms with van der Waals surface area (Å²) in [5, 5.41) is 19.4. The first-order valence-electron chi connectivity index (χ1n) is 12.3. The zero-order chi connectivity index (χ0) is 26.7. The highest BCUT2D eigenvalue weighted by molar-refractivity contribution is 7.89. The number of benzene rings is 2. The first kappa shape index (κ1) is 25.4. The van der Waals surface area contributed by atoms with Crippen molar-refractivity contribution in [1.29, 1.82) is 5.26 Å². The van der Waals surface area contributed by atoms with Crippen molar-refractivity contribution >= 4 is 32.4 Å². The van der Waals surface area contributed by atoms with Crippen molar-refractivity contribution in [3.8, 4) is 6.07 Å². The van der Waals surface area contributed by atoms with Crippen LogP contribution in [-0.4, -0.2) is 86.9 Å². The number of H-pyrrole nitrogens is 1. The topological polar surface area (TPSA) is 121 Å². The molecule has 0 radical (unpaired) electrons. The van der Waals surface area contributed by atoms with Crippen LogP contribution in [0.5, 0.6) is 0 Å². The minimum Gasteiger partial charge on any atom is -0.395 e. The SMILES string of the molecule is CN(C)S(=O)(=O)c1cc2c(cc1N1CCN(CCO)CC1)C(C)(C)c1[nH]c3cc(C#N)ccc3c1C2=O. The number of hydrogen-bond acceptors (Lipinski definition) is 7. The van der Waals surface area contributed by atoms with Crippen molar-refractivity contribution in [3.05, 3.63) is 58.3 Å². The smallest absolute Gasteiger partial charge is 0.244 e. The minimum atomic E-state index is -3.85. The van der Waals surface area contributed by atoms with E-state index in [1.54, 1.807) is 24.3 Å². The Morgan fingerprint density at radius 3 is 2.46 bits per heavy atom. The molecule has 0 amide bonds. The molecule has 3 aromatic rings. The first-order chi connectivity index (χ1) is 17.5. The molecule has 1 aliphatic carbocycles. The highest BCUT2D eigenvalue weighted by Gasteiger charge is 2.42. The number of piperazine rings is 1. The third kappa shape index (κ3) is 3.94. The van der Waals surface area contributed by atoms with Gasteiger partial charge in [-0.05, 0) is 29.8 Å². The molecule has 2 N–H and O–H groups in total. The first-order valence-corrected chi connectivity index (χ1v) is 13.7. The lowest BCUT2D eigenvalue weighted by Gasteiger charge is -2.39. The second kappa shape index (κ2) is 8.96. The Hall–Kier alpha value is -3.23. The number of sulfonamides is 1. The Bertz CT molecular complexity index is 1560. The number of fused-ring (bicyclic) bond motifs is 4.